The molecule has 0 atom stereocenters. The molecule has 15 heavy (non-hydrogen) atoms. The van der Waals surface area contributed by atoms with Crippen molar-refractivity contribution in [3.05, 3.63) is 0 Å². The summed E-state index contributed by atoms with van der Waals surface area (Å²) >= 11 is 5.38. The van der Waals surface area contributed by atoms with E-state index in [2.05, 4.69) is 0 Å². The maximum absolute atomic E-state index is 12.2. The van der Waals surface area contributed by atoms with Gasteiger partial charge in [-0.2, -0.15) is 4.31 Å². The average molecular weight is 264 g/mol. The zero-order valence-electron chi connectivity index (χ0n) is 9.00. The number of alkyl halides is 3. The molecule has 7 heteroatoms. The summed E-state index contributed by atoms with van der Waals surface area (Å²) in [6.07, 6.45) is -2.69. The summed E-state index contributed by atoms with van der Waals surface area (Å²) in [5, 5.41) is 0. The summed E-state index contributed by atoms with van der Waals surface area (Å²) in [5.41, 5.74) is 0. The van der Waals surface area contributed by atoms with E-state index in [1.54, 1.807) is 0 Å². The molecule has 0 rings (SSSR count). The Morgan fingerprint density at radius 2 is 1.80 bits per heavy atom. The Hall–Kier alpha value is 0.0600. The Morgan fingerprint density at radius 1 is 1.33 bits per heavy atom. The molecule has 3 nitrogen and oxygen atoms in total. The lowest BCUT2D eigenvalue weighted by Gasteiger charge is -2.29. The van der Waals surface area contributed by atoms with Crippen molar-refractivity contribution < 1.29 is 17.2 Å². The quantitative estimate of drug-likeness (QED) is 0.711. The normalized spacial score (nSPS) is 13.9. The van der Waals surface area contributed by atoms with Crippen LogP contribution in [0.1, 0.15) is 20.8 Å². The van der Waals surface area contributed by atoms with Crippen molar-refractivity contribution in [2.75, 3.05) is 19.0 Å². The molecular formula is C8H16ClF2NO2S. The highest BCUT2D eigenvalue weighted by atomic mass is 35.5. The van der Waals surface area contributed by atoms with Crippen LogP contribution in [-0.2, 0) is 10.0 Å². The molecule has 0 saturated heterocycles. The van der Waals surface area contributed by atoms with E-state index < -0.39 is 27.7 Å². The lowest BCUT2D eigenvalue weighted by Crippen LogP contribution is -2.45. The standard InChI is InChI=1S/C8H16ClF2NO2S/c1-8(2,3)15(13,14)12(5-4-9)6-7(10)11/h7H,4-6H2,1-3H3. The highest BCUT2D eigenvalue weighted by molar-refractivity contribution is 7.90. The number of sulfonamides is 1. The Morgan fingerprint density at radius 3 is 2.07 bits per heavy atom. The van der Waals surface area contributed by atoms with Crippen LogP contribution in [-0.4, -0.2) is 42.9 Å². The summed E-state index contributed by atoms with van der Waals surface area (Å²) in [6, 6.07) is 0. The number of halogens is 3. The fraction of sp³-hybridized carbons (Fsp3) is 1.00. The molecule has 0 saturated carbocycles. The minimum atomic E-state index is -3.73. The smallest absolute Gasteiger partial charge is 0.212 e. The van der Waals surface area contributed by atoms with Crippen LogP contribution in [0.4, 0.5) is 8.78 Å². The molecule has 0 radical (unpaired) electrons. The Balaban J connectivity index is 4.92. The first kappa shape index (κ1) is 15.1. The van der Waals surface area contributed by atoms with Gasteiger partial charge in [-0.1, -0.05) is 0 Å². The largest absolute Gasteiger partial charge is 0.252 e. The summed E-state index contributed by atoms with van der Waals surface area (Å²) in [7, 11) is -3.73. The van der Waals surface area contributed by atoms with E-state index in [0.717, 1.165) is 4.31 Å². The minimum Gasteiger partial charge on any atom is -0.212 e. The number of hydrogen-bond donors (Lipinski definition) is 0. The third-order valence-corrected chi connectivity index (χ3v) is 4.52. The maximum Gasteiger partial charge on any atom is 0.252 e. The minimum absolute atomic E-state index is 0.00201. The van der Waals surface area contributed by atoms with E-state index >= 15 is 0 Å². The van der Waals surface area contributed by atoms with Crippen molar-refractivity contribution >= 4 is 21.6 Å². The first-order valence-corrected chi connectivity index (χ1v) is 6.44. The van der Waals surface area contributed by atoms with Crippen LogP contribution >= 0.6 is 11.6 Å². The van der Waals surface area contributed by atoms with Gasteiger partial charge in [0.1, 0.15) is 0 Å². The van der Waals surface area contributed by atoms with Crippen LogP contribution in [0.3, 0.4) is 0 Å². The van der Waals surface area contributed by atoms with Crippen LogP contribution in [0.5, 0.6) is 0 Å². The predicted molar refractivity (Wildman–Crippen MR) is 57.0 cm³/mol. The average Bonchev–Trinajstić information content (AvgIpc) is 2.00. The lowest BCUT2D eigenvalue weighted by atomic mass is 10.3. The SMILES string of the molecule is CC(C)(C)S(=O)(=O)N(CCCl)CC(F)F. The molecule has 0 amide bonds. The monoisotopic (exact) mass is 263 g/mol. The first-order chi connectivity index (χ1) is 6.63. The number of rotatable bonds is 5. The highest BCUT2D eigenvalue weighted by Gasteiger charge is 2.36. The number of nitrogens with zero attached hydrogens (tertiary/aromatic N) is 1. The van der Waals surface area contributed by atoms with Gasteiger partial charge in [0.2, 0.25) is 10.0 Å². The van der Waals surface area contributed by atoms with Gasteiger partial charge in [0.15, 0.2) is 0 Å². The Bertz CT molecular complexity index is 288. The van der Waals surface area contributed by atoms with E-state index in [0.29, 0.717) is 0 Å². The van der Waals surface area contributed by atoms with Crippen LogP contribution in [0.25, 0.3) is 0 Å². The Kier molecular flexibility index (Phi) is 5.43. The van der Waals surface area contributed by atoms with E-state index in [-0.39, 0.29) is 12.4 Å². The summed E-state index contributed by atoms with van der Waals surface area (Å²) in [4.78, 5) is 0. The molecule has 0 aliphatic heterocycles. The van der Waals surface area contributed by atoms with E-state index in [9.17, 15) is 17.2 Å². The zero-order valence-corrected chi connectivity index (χ0v) is 10.6. The van der Waals surface area contributed by atoms with Crippen molar-refractivity contribution in [3.63, 3.8) is 0 Å². The van der Waals surface area contributed by atoms with Crippen LogP contribution in [0.15, 0.2) is 0 Å². The fourth-order valence-corrected chi connectivity index (χ4v) is 2.66. The van der Waals surface area contributed by atoms with Crippen molar-refractivity contribution in [2.24, 2.45) is 0 Å². The van der Waals surface area contributed by atoms with Gasteiger partial charge in [-0.25, -0.2) is 17.2 Å². The third-order valence-electron chi connectivity index (χ3n) is 1.79. The first-order valence-electron chi connectivity index (χ1n) is 4.46. The molecular weight excluding hydrogens is 248 g/mol. The molecule has 0 unspecified atom stereocenters. The second-order valence-electron chi connectivity index (χ2n) is 4.06. The molecule has 0 aliphatic carbocycles. The van der Waals surface area contributed by atoms with E-state index in [1.807, 2.05) is 0 Å². The van der Waals surface area contributed by atoms with Gasteiger partial charge >= 0.3 is 0 Å². The molecule has 0 heterocycles. The molecule has 0 N–H and O–H groups in total. The van der Waals surface area contributed by atoms with Crippen molar-refractivity contribution in [3.8, 4) is 0 Å². The second-order valence-corrected chi connectivity index (χ2v) is 7.12. The van der Waals surface area contributed by atoms with Gasteiger partial charge < -0.3 is 0 Å². The molecule has 0 aliphatic rings. The molecule has 0 bridgehead atoms. The maximum atomic E-state index is 12.2. The summed E-state index contributed by atoms with van der Waals surface area (Å²) in [5.74, 6) is 0.00201. The van der Waals surface area contributed by atoms with Gasteiger partial charge in [0.05, 0.1) is 11.3 Å². The summed E-state index contributed by atoms with van der Waals surface area (Å²) in [6.45, 7) is 3.51. The van der Waals surface area contributed by atoms with Crippen molar-refractivity contribution in [1.29, 1.82) is 0 Å². The topological polar surface area (TPSA) is 37.4 Å². The third kappa shape index (κ3) is 4.20. The summed E-state index contributed by atoms with van der Waals surface area (Å²) < 4.78 is 47.6. The lowest BCUT2D eigenvalue weighted by molar-refractivity contribution is 0.120. The molecule has 0 aromatic carbocycles. The van der Waals surface area contributed by atoms with Gasteiger partial charge in [-0.3, -0.25) is 0 Å². The van der Waals surface area contributed by atoms with Crippen molar-refractivity contribution in [1.82, 2.24) is 4.31 Å². The highest BCUT2D eigenvalue weighted by Crippen LogP contribution is 2.20. The van der Waals surface area contributed by atoms with Crippen molar-refractivity contribution in [2.45, 2.75) is 31.9 Å². The van der Waals surface area contributed by atoms with Gasteiger partial charge in [0, 0.05) is 12.4 Å². The number of hydrogen-bond acceptors (Lipinski definition) is 2. The van der Waals surface area contributed by atoms with Gasteiger partial charge in [0.25, 0.3) is 6.43 Å². The molecule has 0 aromatic heterocycles. The molecule has 0 spiro atoms. The molecule has 0 fully saturated rings. The van der Waals surface area contributed by atoms with Crippen LogP contribution in [0.2, 0.25) is 0 Å². The van der Waals surface area contributed by atoms with Gasteiger partial charge in [-0.15, -0.1) is 11.6 Å². The van der Waals surface area contributed by atoms with E-state index in [4.69, 9.17) is 11.6 Å². The second kappa shape index (κ2) is 5.41. The Labute approximate surface area is 94.4 Å². The molecule has 0 aromatic rings. The van der Waals surface area contributed by atoms with Crippen LogP contribution in [0, 0.1) is 0 Å². The van der Waals surface area contributed by atoms with E-state index in [1.165, 1.54) is 20.8 Å². The van der Waals surface area contributed by atoms with Crippen LogP contribution < -0.4 is 0 Å². The van der Waals surface area contributed by atoms with Gasteiger partial charge in [-0.05, 0) is 20.8 Å². The zero-order chi connectivity index (χ0) is 12.3. The fourth-order valence-electron chi connectivity index (χ4n) is 0.945. The predicted octanol–water partition coefficient (Wildman–Crippen LogP) is 1.92. The molecule has 92 valence electrons.